The van der Waals surface area contributed by atoms with Crippen LogP contribution in [0.15, 0.2) is 64.9 Å². The number of nitrogens with zero attached hydrogens (tertiary/aromatic N) is 1. The highest BCUT2D eigenvalue weighted by molar-refractivity contribution is 7.92. The van der Waals surface area contributed by atoms with E-state index in [0.717, 1.165) is 11.1 Å². The Labute approximate surface area is 174 Å². The first kappa shape index (κ1) is 23.0. The molecule has 0 aliphatic carbocycles. The first-order valence-electron chi connectivity index (χ1n) is 8.92. The van der Waals surface area contributed by atoms with E-state index in [-0.39, 0.29) is 18.0 Å². The topological polar surface area (TPSA) is 91.8 Å². The van der Waals surface area contributed by atoms with Crippen LogP contribution < -0.4 is 0 Å². The summed E-state index contributed by atoms with van der Waals surface area (Å²) in [6.07, 6.45) is 1.59. The Morgan fingerprint density at radius 1 is 1.07 bits per heavy atom. The molecule has 2 unspecified atom stereocenters. The van der Waals surface area contributed by atoms with Gasteiger partial charge in [-0.25, -0.2) is 8.42 Å². The summed E-state index contributed by atoms with van der Waals surface area (Å²) in [5.41, 5.74) is 2.15. The van der Waals surface area contributed by atoms with Crippen molar-refractivity contribution >= 4 is 26.8 Å². The quantitative estimate of drug-likeness (QED) is 0.651. The molecule has 156 valence electrons. The molecule has 1 N–H and O–H groups in total. The van der Waals surface area contributed by atoms with E-state index < -0.39 is 32.7 Å². The van der Waals surface area contributed by atoms with Gasteiger partial charge in [0.2, 0.25) is 10.0 Å². The maximum Gasteiger partial charge on any atom is 0.310 e. The van der Waals surface area contributed by atoms with Crippen molar-refractivity contribution in [3.8, 4) is 0 Å². The number of aliphatic carboxylic acids is 1. The van der Waals surface area contributed by atoms with E-state index in [4.69, 9.17) is 5.11 Å². The van der Waals surface area contributed by atoms with Crippen molar-refractivity contribution in [2.75, 3.05) is 6.26 Å². The van der Waals surface area contributed by atoms with Gasteiger partial charge in [-0.1, -0.05) is 43.0 Å². The Kier molecular flexibility index (Phi) is 7.51. The molecule has 0 fully saturated rings. The van der Waals surface area contributed by atoms with Crippen molar-refractivity contribution in [3.05, 3.63) is 76.7 Å². The summed E-state index contributed by atoms with van der Waals surface area (Å²) in [5, 5.41) is 9.12. The minimum Gasteiger partial charge on any atom is -0.481 e. The number of sulfonamides is 1. The standard InChI is InChI=1S/C21H25NO5S2/c1-15(2)29(26,27)22(14-18-7-11-20(12-8-18)28(4)25)13-17-5-9-19(10-6-17)16(3)21(23)24/h5-12,16H,1,13-14H2,2-4H3,(H,23,24). The van der Waals surface area contributed by atoms with Crippen LogP contribution in [-0.2, 0) is 38.7 Å². The second kappa shape index (κ2) is 9.47. The molecule has 0 heterocycles. The Morgan fingerprint density at radius 2 is 1.52 bits per heavy atom. The van der Waals surface area contributed by atoms with Crippen molar-refractivity contribution in [3.63, 3.8) is 0 Å². The Morgan fingerprint density at radius 3 is 1.90 bits per heavy atom. The number of allylic oxidation sites excluding steroid dienone is 1. The molecule has 2 rings (SSSR count). The number of carbonyl (C=O) groups is 1. The summed E-state index contributed by atoms with van der Waals surface area (Å²) in [6.45, 7) is 6.90. The highest BCUT2D eigenvalue weighted by atomic mass is 32.2. The van der Waals surface area contributed by atoms with Gasteiger partial charge in [-0.05, 0) is 42.7 Å². The van der Waals surface area contributed by atoms with Crippen LogP contribution in [0.1, 0.15) is 36.5 Å². The Balaban J connectivity index is 2.28. The monoisotopic (exact) mass is 435 g/mol. The number of rotatable bonds is 9. The zero-order valence-corrected chi connectivity index (χ0v) is 18.3. The number of carboxylic acid groups (broad SMARTS) is 1. The third-order valence-corrected chi connectivity index (χ3v) is 7.36. The van der Waals surface area contributed by atoms with Gasteiger partial charge in [0.25, 0.3) is 0 Å². The van der Waals surface area contributed by atoms with Gasteiger partial charge in [-0.2, -0.15) is 4.31 Å². The smallest absolute Gasteiger partial charge is 0.310 e. The average molecular weight is 436 g/mol. The van der Waals surface area contributed by atoms with E-state index in [1.165, 1.54) is 11.2 Å². The van der Waals surface area contributed by atoms with Gasteiger partial charge in [0.1, 0.15) is 0 Å². The van der Waals surface area contributed by atoms with E-state index >= 15 is 0 Å². The van der Waals surface area contributed by atoms with Crippen LogP contribution in [-0.4, -0.2) is 34.3 Å². The van der Waals surface area contributed by atoms with Crippen molar-refractivity contribution < 1.29 is 22.5 Å². The largest absolute Gasteiger partial charge is 0.481 e. The van der Waals surface area contributed by atoms with Crippen LogP contribution in [0.25, 0.3) is 0 Å². The third-order valence-electron chi connectivity index (χ3n) is 4.60. The van der Waals surface area contributed by atoms with Gasteiger partial charge in [0.05, 0.1) is 5.92 Å². The van der Waals surface area contributed by atoms with Crippen LogP contribution in [0.5, 0.6) is 0 Å². The van der Waals surface area contributed by atoms with Crippen molar-refractivity contribution in [1.29, 1.82) is 0 Å². The summed E-state index contributed by atoms with van der Waals surface area (Å²) >= 11 is 0. The van der Waals surface area contributed by atoms with Crippen LogP contribution in [0.2, 0.25) is 0 Å². The summed E-state index contributed by atoms with van der Waals surface area (Å²) in [6, 6.07) is 13.8. The summed E-state index contributed by atoms with van der Waals surface area (Å²) < 4.78 is 38.4. The molecule has 0 radical (unpaired) electrons. The zero-order chi connectivity index (χ0) is 21.8. The molecule has 0 aliphatic rings. The molecule has 0 saturated carbocycles. The molecule has 29 heavy (non-hydrogen) atoms. The Bertz CT molecular complexity index is 1010. The fourth-order valence-corrected chi connectivity index (χ4v) is 4.29. The summed E-state index contributed by atoms with van der Waals surface area (Å²) in [7, 11) is -4.82. The number of benzene rings is 2. The molecule has 0 aliphatic heterocycles. The highest BCUT2D eigenvalue weighted by Gasteiger charge is 2.24. The molecular formula is C21H25NO5S2. The lowest BCUT2D eigenvalue weighted by atomic mass is 10.00. The van der Waals surface area contributed by atoms with Crippen LogP contribution in [0, 0.1) is 0 Å². The van der Waals surface area contributed by atoms with Gasteiger partial charge < -0.3 is 5.11 Å². The maximum atomic E-state index is 12.8. The normalized spacial score (nSPS) is 13.8. The van der Waals surface area contributed by atoms with Crippen LogP contribution >= 0.6 is 0 Å². The third kappa shape index (κ3) is 5.85. The molecule has 0 bridgehead atoms. The Hall–Kier alpha value is -2.29. The van der Waals surface area contributed by atoms with E-state index in [9.17, 15) is 17.4 Å². The number of carboxylic acids is 1. The molecule has 2 aromatic rings. The number of hydrogen-bond acceptors (Lipinski definition) is 4. The highest BCUT2D eigenvalue weighted by Crippen LogP contribution is 2.21. The predicted molar refractivity (Wildman–Crippen MR) is 114 cm³/mol. The molecule has 2 atom stereocenters. The summed E-state index contributed by atoms with van der Waals surface area (Å²) in [5.74, 6) is -1.55. The van der Waals surface area contributed by atoms with Gasteiger partial charge in [0, 0.05) is 39.9 Å². The number of hydrogen-bond donors (Lipinski definition) is 1. The molecule has 6 nitrogen and oxygen atoms in total. The zero-order valence-electron chi connectivity index (χ0n) is 16.7. The molecule has 0 saturated heterocycles. The van der Waals surface area contributed by atoms with Crippen LogP contribution in [0.3, 0.4) is 0 Å². The lowest BCUT2D eigenvalue weighted by Crippen LogP contribution is -2.30. The molecule has 0 aromatic heterocycles. The molecule has 2 aromatic carbocycles. The second-order valence-corrected chi connectivity index (χ2v) is 10.4. The molecular weight excluding hydrogens is 410 g/mol. The minimum atomic E-state index is -3.72. The van der Waals surface area contributed by atoms with Gasteiger partial charge in [0.15, 0.2) is 0 Å². The van der Waals surface area contributed by atoms with Gasteiger partial charge in [-0.3, -0.25) is 9.00 Å². The van der Waals surface area contributed by atoms with E-state index in [2.05, 4.69) is 6.58 Å². The van der Waals surface area contributed by atoms with Crippen molar-refractivity contribution in [1.82, 2.24) is 4.31 Å². The van der Waals surface area contributed by atoms with Crippen molar-refractivity contribution in [2.24, 2.45) is 0 Å². The molecule has 0 spiro atoms. The van der Waals surface area contributed by atoms with E-state index in [1.54, 1.807) is 61.7 Å². The predicted octanol–water partition coefficient (Wildman–Crippen LogP) is 3.48. The van der Waals surface area contributed by atoms with Gasteiger partial charge in [-0.15, -0.1) is 0 Å². The van der Waals surface area contributed by atoms with Crippen LogP contribution in [0.4, 0.5) is 0 Å². The fraction of sp³-hybridized carbons (Fsp3) is 0.286. The SMILES string of the molecule is C=C(C)S(=O)(=O)N(Cc1ccc(C(C)C(=O)O)cc1)Cc1ccc(S(C)=O)cc1. The first-order valence-corrected chi connectivity index (χ1v) is 11.9. The first-order chi connectivity index (χ1) is 13.5. The summed E-state index contributed by atoms with van der Waals surface area (Å²) in [4.78, 5) is 11.8. The fourth-order valence-electron chi connectivity index (χ4n) is 2.69. The van der Waals surface area contributed by atoms with E-state index in [1.807, 2.05) is 0 Å². The van der Waals surface area contributed by atoms with Crippen molar-refractivity contribution in [2.45, 2.75) is 37.8 Å². The van der Waals surface area contributed by atoms with Gasteiger partial charge >= 0.3 is 5.97 Å². The second-order valence-electron chi connectivity index (χ2n) is 6.87. The molecule has 0 amide bonds. The minimum absolute atomic E-state index is 0.0416. The molecule has 8 heteroatoms. The van der Waals surface area contributed by atoms with E-state index in [0.29, 0.717) is 10.5 Å². The lowest BCUT2D eigenvalue weighted by molar-refractivity contribution is -0.138. The average Bonchev–Trinajstić information content (AvgIpc) is 2.67. The lowest BCUT2D eigenvalue weighted by Gasteiger charge is -2.23. The maximum absolute atomic E-state index is 12.8.